The minimum atomic E-state index is -3.28. The molecule has 1 aliphatic heterocycles. The smallest absolute Gasteiger partial charge is 0.255 e. The number of amides is 1. The average molecular weight is 421 g/mol. The molecule has 0 spiro atoms. The number of benzene rings is 3. The Hall–Kier alpha value is -3.12. The largest absolute Gasteiger partial charge is 0.321 e. The Morgan fingerprint density at radius 3 is 2.40 bits per heavy atom. The molecule has 0 aromatic heterocycles. The molecule has 0 radical (unpaired) electrons. The normalized spacial score (nSPS) is 15.6. The lowest BCUT2D eigenvalue weighted by molar-refractivity contribution is 0.102. The molecule has 0 unspecified atom stereocenters. The van der Waals surface area contributed by atoms with E-state index < -0.39 is 10.0 Å². The second-order valence-corrected chi connectivity index (χ2v) is 9.48. The summed E-state index contributed by atoms with van der Waals surface area (Å²) < 4.78 is 26.3. The van der Waals surface area contributed by atoms with Gasteiger partial charge < -0.3 is 5.32 Å². The van der Waals surface area contributed by atoms with Gasteiger partial charge in [0.1, 0.15) is 0 Å². The number of carbonyl (C=O) groups excluding carboxylic acids is 1. The van der Waals surface area contributed by atoms with Crippen molar-refractivity contribution in [3.63, 3.8) is 0 Å². The van der Waals surface area contributed by atoms with Crippen LogP contribution in [0.4, 0.5) is 11.4 Å². The number of hydrogen-bond donors (Lipinski definition) is 1. The van der Waals surface area contributed by atoms with E-state index in [1.54, 1.807) is 18.2 Å². The molecular formula is C24H24N2O3S. The first kappa shape index (κ1) is 20.2. The van der Waals surface area contributed by atoms with Gasteiger partial charge in [0.05, 0.1) is 11.4 Å². The van der Waals surface area contributed by atoms with E-state index in [0.29, 0.717) is 24.2 Å². The first-order chi connectivity index (χ1) is 14.5. The zero-order valence-electron chi connectivity index (χ0n) is 16.8. The molecule has 3 aromatic rings. The second-order valence-electron chi connectivity index (χ2n) is 7.46. The van der Waals surface area contributed by atoms with Gasteiger partial charge in [0, 0.05) is 23.4 Å². The molecule has 1 fully saturated rings. The fourth-order valence-electron chi connectivity index (χ4n) is 3.79. The van der Waals surface area contributed by atoms with Crippen molar-refractivity contribution in [1.82, 2.24) is 0 Å². The molecular weight excluding hydrogens is 396 g/mol. The quantitative estimate of drug-likeness (QED) is 0.656. The highest BCUT2D eigenvalue weighted by Crippen LogP contribution is 2.30. The van der Waals surface area contributed by atoms with Crippen molar-refractivity contribution in [1.29, 1.82) is 0 Å². The lowest BCUT2D eigenvalue weighted by atomic mass is 10.0. The molecule has 5 nitrogen and oxygen atoms in total. The highest BCUT2D eigenvalue weighted by molar-refractivity contribution is 7.92. The van der Waals surface area contributed by atoms with E-state index in [4.69, 9.17) is 0 Å². The van der Waals surface area contributed by atoms with E-state index in [2.05, 4.69) is 5.32 Å². The summed E-state index contributed by atoms with van der Waals surface area (Å²) in [6.07, 6.45) is 1.54. The van der Waals surface area contributed by atoms with Gasteiger partial charge in [-0.1, -0.05) is 48.5 Å². The highest BCUT2D eigenvalue weighted by atomic mass is 32.2. The average Bonchev–Trinajstić information content (AvgIpc) is 2.75. The van der Waals surface area contributed by atoms with Crippen molar-refractivity contribution in [3.05, 3.63) is 83.9 Å². The van der Waals surface area contributed by atoms with Crippen LogP contribution in [0.1, 0.15) is 28.8 Å². The number of anilines is 2. The topological polar surface area (TPSA) is 66.5 Å². The lowest BCUT2D eigenvalue weighted by Crippen LogP contribution is -2.38. The van der Waals surface area contributed by atoms with Gasteiger partial charge in [-0.2, -0.15) is 0 Å². The Kier molecular flexibility index (Phi) is 5.59. The molecule has 154 valence electrons. The number of rotatable bonds is 4. The number of hydrogen-bond acceptors (Lipinski definition) is 3. The van der Waals surface area contributed by atoms with E-state index in [1.807, 2.05) is 61.5 Å². The minimum Gasteiger partial charge on any atom is -0.321 e. The maximum atomic E-state index is 12.9. The summed E-state index contributed by atoms with van der Waals surface area (Å²) in [4.78, 5) is 12.9. The predicted octanol–water partition coefficient (Wildman–Crippen LogP) is 4.84. The Bertz CT molecular complexity index is 1170. The van der Waals surface area contributed by atoms with Gasteiger partial charge in [-0.25, -0.2) is 8.42 Å². The van der Waals surface area contributed by atoms with Crippen molar-refractivity contribution >= 4 is 27.3 Å². The second kappa shape index (κ2) is 8.32. The van der Waals surface area contributed by atoms with Crippen LogP contribution >= 0.6 is 0 Å². The Morgan fingerprint density at radius 1 is 0.933 bits per heavy atom. The van der Waals surface area contributed by atoms with Crippen LogP contribution in [0.25, 0.3) is 11.1 Å². The molecule has 1 heterocycles. The summed E-state index contributed by atoms with van der Waals surface area (Å²) in [7, 11) is -3.28. The van der Waals surface area contributed by atoms with Crippen LogP contribution in [0.2, 0.25) is 0 Å². The van der Waals surface area contributed by atoms with Crippen molar-refractivity contribution in [2.45, 2.75) is 19.8 Å². The summed E-state index contributed by atoms with van der Waals surface area (Å²) in [6, 6.07) is 22.7. The fraction of sp³-hybridized carbons (Fsp3) is 0.208. The third-order valence-corrected chi connectivity index (χ3v) is 7.19. The van der Waals surface area contributed by atoms with E-state index >= 15 is 0 Å². The van der Waals surface area contributed by atoms with E-state index in [1.165, 1.54) is 4.31 Å². The maximum absolute atomic E-state index is 12.9. The molecule has 1 N–H and O–H groups in total. The number of carbonyl (C=O) groups is 1. The van der Waals surface area contributed by atoms with Crippen LogP contribution in [0.5, 0.6) is 0 Å². The third kappa shape index (κ3) is 4.09. The van der Waals surface area contributed by atoms with Crippen molar-refractivity contribution in [2.75, 3.05) is 21.9 Å². The molecule has 4 rings (SSSR count). The van der Waals surface area contributed by atoms with Gasteiger partial charge in [0.15, 0.2) is 0 Å². The summed E-state index contributed by atoms with van der Waals surface area (Å²) in [6.45, 7) is 2.33. The van der Waals surface area contributed by atoms with Crippen LogP contribution in [0.15, 0.2) is 72.8 Å². The zero-order chi connectivity index (χ0) is 21.1. The highest BCUT2D eigenvalue weighted by Gasteiger charge is 2.27. The standard InChI is InChI=1S/C24H24N2O3S/c1-18-17-20(13-14-23(18)26-15-7-8-16-30(26,28)29)24(27)25-22-12-6-5-11-21(22)19-9-3-2-4-10-19/h2-6,9-14,17H,7-8,15-16H2,1H3,(H,25,27). The van der Waals surface area contributed by atoms with Crippen LogP contribution in [-0.4, -0.2) is 26.6 Å². The number of sulfonamides is 1. The number of nitrogens with zero attached hydrogens (tertiary/aromatic N) is 1. The fourth-order valence-corrected chi connectivity index (χ4v) is 5.49. The predicted molar refractivity (Wildman–Crippen MR) is 121 cm³/mol. The van der Waals surface area contributed by atoms with Gasteiger partial charge in [-0.05, 0) is 55.2 Å². The summed E-state index contributed by atoms with van der Waals surface area (Å²) >= 11 is 0. The van der Waals surface area contributed by atoms with Gasteiger partial charge in [0.25, 0.3) is 5.91 Å². The van der Waals surface area contributed by atoms with Gasteiger partial charge in [-0.3, -0.25) is 9.10 Å². The molecule has 0 saturated carbocycles. The SMILES string of the molecule is Cc1cc(C(=O)Nc2ccccc2-c2ccccc2)ccc1N1CCCCS1(=O)=O. The maximum Gasteiger partial charge on any atom is 0.255 e. The van der Waals surface area contributed by atoms with Crippen LogP contribution in [0.3, 0.4) is 0 Å². The first-order valence-corrected chi connectivity index (χ1v) is 11.6. The van der Waals surface area contributed by atoms with Crippen LogP contribution in [0, 0.1) is 6.92 Å². The molecule has 1 aliphatic rings. The molecule has 1 saturated heterocycles. The van der Waals surface area contributed by atoms with Crippen molar-refractivity contribution in [3.8, 4) is 11.1 Å². The lowest BCUT2D eigenvalue weighted by Gasteiger charge is -2.29. The minimum absolute atomic E-state index is 0.172. The van der Waals surface area contributed by atoms with Gasteiger partial charge in [0.2, 0.25) is 10.0 Å². The zero-order valence-corrected chi connectivity index (χ0v) is 17.7. The Morgan fingerprint density at radius 2 is 1.67 bits per heavy atom. The van der Waals surface area contributed by atoms with Gasteiger partial charge >= 0.3 is 0 Å². The molecule has 0 bridgehead atoms. The van der Waals surface area contributed by atoms with Gasteiger partial charge in [-0.15, -0.1) is 0 Å². The molecule has 1 amide bonds. The monoisotopic (exact) mass is 420 g/mol. The number of aryl methyl sites for hydroxylation is 1. The van der Waals surface area contributed by atoms with Crippen molar-refractivity contribution in [2.24, 2.45) is 0 Å². The molecule has 30 heavy (non-hydrogen) atoms. The molecule has 3 aromatic carbocycles. The van der Waals surface area contributed by atoms with E-state index in [0.717, 1.165) is 28.8 Å². The summed E-state index contributed by atoms with van der Waals surface area (Å²) in [5.41, 5.74) is 4.61. The van der Waals surface area contributed by atoms with Crippen LogP contribution in [-0.2, 0) is 10.0 Å². The Labute approximate surface area is 177 Å². The van der Waals surface area contributed by atoms with E-state index in [-0.39, 0.29) is 11.7 Å². The summed E-state index contributed by atoms with van der Waals surface area (Å²) in [5, 5.41) is 3.00. The number of nitrogens with one attached hydrogen (secondary N) is 1. The molecule has 6 heteroatoms. The van der Waals surface area contributed by atoms with Crippen molar-refractivity contribution < 1.29 is 13.2 Å². The molecule has 0 aliphatic carbocycles. The molecule has 0 atom stereocenters. The Balaban J connectivity index is 1.59. The van der Waals surface area contributed by atoms with Crippen LogP contribution < -0.4 is 9.62 Å². The first-order valence-electron chi connectivity index (χ1n) is 10.0. The van der Waals surface area contributed by atoms with E-state index in [9.17, 15) is 13.2 Å². The summed E-state index contributed by atoms with van der Waals surface area (Å²) in [5.74, 6) is -0.0557. The number of para-hydroxylation sites is 1. The third-order valence-electron chi connectivity index (χ3n) is 5.34.